The number of carbonyl (C=O) groups is 1. The second kappa shape index (κ2) is 9.04. The van der Waals surface area contributed by atoms with E-state index in [1.54, 1.807) is 4.31 Å². The summed E-state index contributed by atoms with van der Waals surface area (Å²) in [5.41, 5.74) is 5.09. The predicted molar refractivity (Wildman–Crippen MR) is 120 cm³/mol. The van der Waals surface area contributed by atoms with Crippen LogP contribution in [0.15, 0.2) is 71.6 Å². The third-order valence-electron chi connectivity index (χ3n) is 4.42. The number of para-hydroxylation sites is 1. The molecule has 2 amide bonds. The van der Waals surface area contributed by atoms with Crippen molar-refractivity contribution >= 4 is 41.0 Å². The SMILES string of the molecule is C#N.Cc1cc(C)cc(N2Sc3ccccc3N(Cc3cccc(Cl)c3)C2=O)c1. The fourth-order valence-electron chi connectivity index (χ4n) is 3.31. The third kappa shape index (κ3) is 4.56. The van der Waals surface area contributed by atoms with Gasteiger partial charge in [0, 0.05) is 11.6 Å². The summed E-state index contributed by atoms with van der Waals surface area (Å²) in [7, 11) is 0. The van der Waals surface area contributed by atoms with Crippen LogP contribution in [0, 0.1) is 25.7 Å². The molecule has 3 aromatic rings. The average Bonchev–Trinajstić information content (AvgIpc) is 2.71. The summed E-state index contributed by atoms with van der Waals surface area (Å²) < 4.78 is 1.77. The summed E-state index contributed by atoms with van der Waals surface area (Å²) in [6, 6.07) is 21.8. The number of nitriles is 1. The Kier molecular flexibility index (Phi) is 6.48. The maximum Gasteiger partial charge on any atom is 0.339 e. The van der Waals surface area contributed by atoms with Crippen molar-refractivity contribution in [1.29, 1.82) is 5.26 Å². The van der Waals surface area contributed by atoms with E-state index in [0.717, 1.165) is 33.0 Å². The molecule has 0 saturated carbocycles. The molecule has 0 aromatic heterocycles. The van der Waals surface area contributed by atoms with Crippen LogP contribution in [0.2, 0.25) is 5.02 Å². The first kappa shape index (κ1) is 20.8. The largest absolute Gasteiger partial charge is 0.339 e. The molecule has 4 rings (SSSR count). The van der Waals surface area contributed by atoms with Gasteiger partial charge in [0.25, 0.3) is 0 Å². The Morgan fingerprint density at radius 2 is 1.66 bits per heavy atom. The average molecular weight is 422 g/mol. The molecule has 146 valence electrons. The lowest BCUT2D eigenvalue weighted by Crippen LogP contribution is -2.42. The summed E-state index contributed by atoms with van der Waals surface area (Å²) in [4.78, 5) is 16.3. The second-order valence-corrected chi connectivity index (χ2v) is 8.12. The Morgan fingerprint density at radius 3 is 2.34 bits per heavy atom. The molecule has 0 atom stereocenters. The minimum Gasteiger partial charge on any atom is -0.288 e. The topological polar surface area (TPSA) is 47.3 Å². The van der Waals surface area contributed by atoms with Crippen molar-refractivity contribution in [2.45, 2.75) is 25.3 Å². The number of hydrogen-bond donors (Lipinski definition) is 0. The van der Waals surface area contributed by atoms with E-state index in [2.05, 4.69) is 12.6 Å². The zero-order valence-corrected chi connectivity index (χ0v) is 17.7. The van der Waals surface area contributed by atoms with E-state index in [1.807, 2.05) is 79.4 Å². The Bertz CT molecular complexity index is 1050. The molecule has 1 aliphatic heterocycles. The maximum atomic E-state index is 13.4. The molecule has 0 unspecified atom stereocenters. The first-order chi connectivity index (χ1) is 14.0. The number of nitrogens with zero attached hydrogens (tertiary/aromatic N) is 3. The third-order valence-corrected chi connectivity index (χ3v) is 5.75. The van der Waals surface area contributed by atoms with E-state index in [-0.39, 0.29) is 6.03 Å². The predicted octanol–water partition coefficient (Wildman–Crippen LogP) is 6.75. The van der Waals surface area contributed by atoms with Gasteiger partial charge in [-0.1, -0.05) is 41.9 Å². The van der Waals surface area contributed by atoms with Crippen LogP contribution < -0.4 is 9.21 Å². The van der Waals surface area contributed by atoms with Gasteiger partial charge < -0.3 is 0 Å². The lowest BCUT2D eigenvalue weighted by atomic mass is 10.1. The van der Waals surface area contributed by atoms with Crippen LogP contribution in [0.25, 0.3) is 0 Å². The molecule has 3 aromatic carbocycles. The van der Waals surface area contributed by atoms with Crippen LogP contribution >= 0.6 is 23.5 Å². The van der Waals surface area contributed by atoms with E-state index >= 15 is 0 Å². The van der Waals surface area contributed by atoms with Gasteiger partial charge in [-0.25, -0.2) is 14.4 Å². The highest BCUT2D eigenvalue weighted by atomic mass is 35.5. The summed E-state index contributed by atoms with van der Waals surface area (Å²) in [6.45, 7) is 8.07. The van der Waals surface area contributed by atoms with Gasteiger partial charge in [0.15, 0.2) is 0 Å². The Morgan fingerprint density at radius 1 is 0.966 bits per heavy atom. The fraction of sp³-hybridized carbons (Fsp3) is 0.130. The fourth-order valence-corrected chi connectivity index (χ4v) is 4.52. The smallest absolute Gasteiger partial charge is 0.288 e. The van der Waals surface area contributed by atoms with Crippen molar-refractivity contribution in [3.8, 4) is 6.57 Å². The normalized spacial score (nSPS) is 12.8. The number of hydrogen-bond acceptors (Lipinski definition) is 3. The number of fused-ring (bicyclic) bond motifs is 1. The van der Waals surface area contributed by atoms with Gasteiger partial charge in [0.2, 0.25) is 0 Å². The molecular formula is C23H20ClN3OS. The van der Waals surface area contributed by atoms with Crippen molar-refractivity contribution in [1.82, 2.24) is 0 Å². The van der Waals surface area contributed by atoms with E-state index in [0.29, 0.717) is 11.6 Å². The molecule has 4 nitrogen and oxygen atoms in total. The zero-order valence-electron chi connectivity index (χ0n) is 16.2. The molecular weight excluding hydrogens is 402 g/mol. The number of amides is 2. The minimum atomic E-state index is -0.0522. The van der Waals surface area contributed by atoms with Gasteiger partial charge in [0.05, 0.1) is 22.8 Å². The molecule has 1 aliphatic rings. The highest BCUT2D eigenvalue weighted by molar-refractivity contribution is 8.01. The molecule has 6 heteroatoms. The van der Waals surface area contributed by atoms with Gasteiger partial charge >= 0.3 is 6.03 Å². The van der Waals surface area contributed by atoms with Crippen LogP contribution in [0.3, 0.4) is 0 Å². The van der Waals surface area contributed by atoms with Crippen LogP contribution in [-0.4, -0.2) is 6.03 Å². The van der Waals surface area contributed by atoms with Crippen LogP contribution in [-0.2, 0) is 6.54 Å². The number of anilines is 2. The van der Waals surface area contributed by atoms with Gasteiger partial charge in [-0.3, -0.25) is 4.90 Å². The summed E-state index contributed by atoms with van der Waals surface area (Å²) in [5, 5.41) is 7.17. The number of carbonyl (C=O) groups excluding carboxylic acids is 1. The van der Waals surface area contributed by atoms with E-state index < -0.39 is 0 Å². The standard InChI is InChI=1S/C22H19ClN2OS.CHN/c1-15-10-16(2)12-19(11-15)25-22(26)24(14-17-6-5-7-18(23)13-17)20-8-3-4-9-21(20)27-25;1-2/h3-13H,14H2,1-2H3;1H. The minimum absolute atomic E-state index is 0.0522. The highest BCUT2D eigenvalue weighted by Gasteiger charge is 2.32. The summed E-state index contributed by atoms with van der Waals surface area (Å²) in [5.74, 6) is 0. The van der Waals surface area contributed by atoms with Crippen molar-refractivity contribution in [2.75, 3.05) is 9.21 Å². The monoisotopic (exact) mass is 421 g/mol. The van der Waals surface area contributed by atoms with Crippen molar-refractivity contribution in [3.05, 3.63) is 88.4 Å². The van der Waals surface area contributed by atoms with Crippen molar-refractivity contribution in [3.63, 3.8) is 0 Å². The van der Waals surface area contributed by atoms with E-state index in [9.17, 15) is 4.79 Å². The van der Waals surface area contributed by atoms with E-state index in [4.69, 9.17) is 16.9 Å². The van der Waals surface area contributed by atoms with Gasteiger partial charge in [0.1, 0.15) is 0 Å². The van der Waals surface area contributed by atoms with Gasteiger partial charge in [-0.15, -0.1) is 0 Å². The molecule has 0 fully saturated rings. The first-order valence-corrected chi connectivity index (χ1v) is 10.1. The molecule has 0 bridgehead atoms. The molecule has 0 aliphatic carbocycles. The van der Waals surface area contributed by atoms with Crippen LogP contribution in [0.5, 0.6) is 0 Å². The first-order valence-electron chi connectivity index (χ1n) is 8.98. The Hall–Kier alpha value is -2.94. The number of urea groups is 1. The van der Waals surface area contributed by atoms with Gasteiger partial charge in [-0.05, 0) is 78.9 Å². The number of rotatable bonds is 3. The molecule has 0 radical (unpaired) electrons. The Labute approximate surface area is 180 Å². The Balaban J connectivity index is 0.00000117. The van der Waals surface area contributed by atoms with Crippen LogP contribution in [0.1, 0.15) is 16.7 Å². The lowest BCUT2D eigenvalue weighted by Gasteiger charge is -2.36. The number of aryl methyl sites for hydroxylation is 2. The lowest BCUT2D eigenvalue weighted by molar-refractivity contribution is 0.254. The quantitative estimate of drug-likeness (QED) is 0.439. The zero-order chi connectivity index (χ0) is 21.0. The number of halogens is 1. The second-order valence-electron chi connectivity index (χ2n) is 6.70. The van der Waals surface area contributed by atoms with Crippen molar-refractivity contribution in [2.24, 2.45) is 0 Å². The highest BCUT2D eigenvalue weighted by Crippen LogP contribution is 2.42. The summed E-state index contributed by atoms with van der Waals surface area (Å²) in [6.07, 6.45) is 0. The molecule has 1 heterocycles. The van der Waals surface area contributed by atoms with Gasteiger partial charge in [-0.2, -0.15) is 0 Å². The van der Waals surface area contributed by atoms with Crippen LogP contribution in [0.4, 0.5) is 16.2 Å². The maximum absolute atomic E-state index is 13.4. The molecule has 0 N–H and O–H groups in total. The molecule has 0 spiro atoms. The van der Waals surface area contributed by atoms with E-state index in [1.165, 1.54) is 11.9 Å². The molecule has 29 heavy (non-hydrogen) atoms. The van der Waals surface area contributed by atoms with Crippen molar-refractivity contribution < 1.29 is 4.79 Å². The summed E-state index contributed by atoms with van der Waals surface area (Å²) >= 11 is 7.61. The number of benzene rings is 3. The molecule has 0 saturated heterocycles.